The van der Waals surface area contributed by atoms with Gasteiger partial charge in [-0.15, -0.1) is 0 Å². The number of nitrogens with zero attached hydrogens (tertiary/aromatic N) is 1. The highest BCUT2D eigenvalue weighted by molar-refractivity contribution is 4.96. The smallest absolute Gasteiger partial charge is 0.102 e. The van der Waals surface area contributed by atoms with Crippen LogP contribution in [0.15, 0.2) is 0 Å². The molecule has 0 amide bonds. The monoisotopic (exact) mass is 172 g/mol. The summed E-state index contributed by atoms with van der Waals surface area (Å²) in [5, 5.41) is 0. The maximum atomic E-state index is 12.2. The molecule has 0 saturated carbocycles. The minimum atomic E-state index is -0.206. The summed E-state index contributed by atoms with van der Waals surface area (Å²) in [5.74, 6) is 0. The summed E-state index contributed by atoms with van der Waals surface area (Å²) >= 11 is 0. The SMILES string of the molecule is NC1CC2CCC(C1)N2CCF. The Morgan fingerprint density at radius 2 is 1.83 bits per heavy atom. The Balaban J connectivity index is 1.99. The molecule has 0 aromatic rings. The molecule has 2 rings (SSSR count). The summed E-state index contributed by atoms with van der Waals surface area (Å²) in [6.45, 7) is 0.421. The zero-order chi connectivity index (χ0) is 8.55. The summed E-state index contributed by atoms with van der Waals surface area (Å²) in [4.78, 5) is 2.32. The number of piperidine rings is 1. The fourth-order valence-electron chi connectivity index (χ4n) is 2.78. The van der Waals surface area contributed by atoms with Gasteiger partial charge in [0.05, 0.1) is 0 Å². The van der Waals surface area contributed by atoms with E-state index in [0.717, 1.165) is 12.8 Å². The molecular formula is C9H17FN2. The first kappa shape index (κ1) is 8.45. The number of hydrogen-bond acceptors (Lipinski definition) is 2. The summed E-state index contributed by atoms with van der Waals surface area (Å²) in [5.41, 5.74) is 5.89. The van der Waals surface area contributed by atoms with E-state index in [0.29, 0.717) is 24.7 Å². The van der Waals surface area contributed by atoms with Crippen molar-refractivity contribution in [1.82, 2.24) is 4.90 Å². The van der Waals surface area contributed by atoms with Gasteiger partial charge in [0.15, 0.2) is 0 Å². The molecular weight excluding hydrogens is 155 g/mol. The van der Waals surface area contributed by atoms with Gasteiger partial charge in [0, 0.05) is 24.7 Å². The second kappa shape index (κ2) is 3.30. The lowest BCUT2D eigenvalue weighted by Crippen LogP contribution is -2.48. The molecule has 3 heteroatoms. The van der Waals surface area contributed by atoms with Crippen molar-refractivity contribution in [3.63, 3.8) is 0 Å². The fraction of sp³-hybridized carbons (Fsp3) is 1.00. The van der Waals surface area contributed by atoms with Gasteiger partial charge in [0.2, 0.25) is 0 Å². The molecule has 0 radical (unpaired) electrons. The highest BCUT2D eigenvalue weighted by Gasteiger charge is 2.38. The van der Waals surface area contributed by atoms with Crippen molar-refractivity contribution >= 4 is 0 Å². The summed E-state index contributed by atoms with van der Waals surface area (Å²) in [7, 11) is 0. The summed E-state index contributed by atoms with van der Waals surface area (Å²) in [6, 6.07) is 1.56. The molecule has 0 aliphatic carbocycles. The van der Waals surface area contributed by atoms with Crippen molar-refractivity contribution in [3.05, 3.63) is 0 Å². The molecule has 2 fully saturated rings. The standard InChI is InChI=1S/C9H17FN2/c10-3-4-12-8-1-2-9(12)6-7(11)5-8/h7-9H,1-6,11H2. The van der Waals surface area contributed by atoms with Gasteiger partial charge in [-0.1, -0.05) is 0 Å². The van der Waals surface area contributed by atoms with Crippen LogP contribution in [0.1, 0.15) is 25.7 Å². The Kier molecular flexibility index (Phi) is 2.33. The Morgan fingerprint density at radius 1 is 1.25 bits per heavy atom. The van der Waals surface area contributed by atoms with Crippen LogP contribution in [0, 0.1) is 0 Å². The van der Waals surface area contributed by atoms with E-state index in [4.69, 9.17) is 5.73 Å². The first-order valence-corrected chi connectivity index (χ1v) is 4.88. The van der Waals surface area contributed by atoms with Crippen LogP contribution < -0.4 is 5.73 Å². The molecule has 0 aromatic carbocycles. The number of alkyl halides is 1. The van der Waals surface area contributed by atoms with Gasteiger partial charge in [-0.3, -0.25) is 4.90 Å². The van der Waals surface area contributed by atoms with E-state index in [1.807, 2.05) is 0 Å². The lowest BCUT2D eigenvalue weighted by Gasteiger charge is -2.36. The van der Waals surface area contributed by atoms with E-state index in [9.17, 15) is 4.39 Å². The topological polar surface area (TPSA) is 29.3 Å². The highest BCUT2D eigenvalue weighted by Crippen LogP contribution is 2.34. The van der Waals surface area contributed by atoms with Crippen molar-refractivity contribution in [2.24, 2.45) is 5.73 Å². The molecule has 2 N–H and O–H groups in total. The lowest BCUT2D eigenvalue weighted by atomic mass is 9.98. The van der Waals surface area contributed by atoms with E-state index in [-0.39, 0.29) is 6.67 Å². The molecule has 2 unspecified atom stereocenters. The molecule has 0 spiro atoms. The lowest BCUT2D eigenvalue weighted by molar-refractivity contribution is 0.119. The summed E-state index contributed by atoms with van der Waals surface area (Å²) in [6.07, 6.45) is 4.63. The molecule has 70 valence electrons. The van der Waals surface area contributed by atoms with E-state index in [1.165, 1.54) is 12.8 Å². The predicted octanol–water partition coefficient (Wildman–Crippen LogP) is 0.910. The Bertz CT molecular complexity index is 149. The minimum absolute atomic E-state index is 0.206. The third-order valence-electron chi connectivity index (χ3n) is 3.26. The van der Waals surface area contributed by atoms with Crippen molar-refractivity contribution < 1.29 is 4.39 Å². The van der Waals surface area contributed by atoms with Gasteiger partial charge in [0.1, 0.15) is 6.67 Å². The molecule has 2 aliphatic rings. The molecule has 0 aromatic heterocycles. The molecule has 12 heavy (non-hydrogen) atoms. The second-order valence-corrected chi connectivity index (χ2v) is 4.04. The van der Waals surface area contributed by atoms with Gasteiger partial charge in [-0.05, 0) is 25.7 Å². The van der Waals surface area contributed by atoms with Gasteiger partial charge < -0.3 is 5.73 Å². The van der Waals surface area contributed by atoms with Crippen LogP contribution >= 0.6 is 0 Å². The second-order valence-electron chi connectivity index (χ2n) is 4.04. The normalized spacial score (nSPS) is 42.0. The van der Waals surface area contributed by atoms with Gasteiger partial charge >= 0.3 is 0 Å². The largest absolute Gasteiger partial charge is 0.328 e. The first-order valence-electron chi connectivity index (χ1n) is 4.88. The van der Waals surface area contributed by atoms with Crippen molar-refractivity contribution in [3.8, 4) is 0 Å². The number of hydrogen-bond donors (Lipinski definition) is 1. The Labute approximate surface area is 72.9 Å². The maximum Gasteiger partial charge on any atom is 0.102 e. The molecule has 2 aliphatic heterocycles. The van der Waals surface area contributed by atoms with Crippen LogP contribution in [-0.4, -0.2) is 36.2 Å². The average molecular weight is 172 g/mol. The predicted molar refractivity (Wildman–Crippen MR) is 46.7 cm³/mol. The Hall–Kier alpha value is -0.150. The average Bonchev–Trinajstić information content (AvgIpc) is 2.32. The third kappa shape index (κ3) is 1.36. The van der Waals surface area contributed by atoms with Gasteiger partial charge in [0.25, 0.3) is 0 Å². The maximum absolute atomic E-state index is 12.2. The summed E-state index contributed by atoms with van der Waals surface area (Å²) < 4.78 is 12.2. The first-order chi connectivity index (χ1) is 5.81. The van der Waals surface area contributed by atoms with E-state index in [2.05, 4.69) is 4.90 Å². The quantitative estimate of drug-likeness (QED) is 0.671. The van der Waals surface area contributed by atoms with Crippen molar-refractivity contribution in [2.45, 2.75) is 43.8 Å². The van der Waals surface area contributed by atoms with Gasteiger partial charge in [-0.25, -0.2) is 4.39 Å². The van der Waals surface area contributed by atoms with E-state index >= 15 is 0 Å². The van der Waals surface area contributed by atoms with E-state index < -0.39 is 0 Å². The third-order valence-corrected chi connectivity index (χ3v) is 3.26. The minimum Gasteiger partial charge on any atom is -0.328 e. The molecule has 2 nitrogen and oxygen atoms in total. The molecule has 2 saturated heterocycles. The van der Waals surface area contributed by atoms with Crippen LogP contribution in [-0.2, 0) is 0 Å². The molecule has 2 bridgehead atoms. The zero-order valence-electron chi connectivity index (χ0n) is 7.38. The van der Waals surface area contributed by atoms with Crippen molar-refractivity contribution in [2.75, 3.05) is 13.2 Å². The van der Waals surface area contributed by atoms with Crippen LogP contribution in [0.4, 0.5) is 4.39 Å². The van der Waals surface area contributed by atoms with E-state index in [1.54, 1.807) is 0 Å². The van der Waals surface area contributed by atoms with Crippen molar-refractivity contribution in [1.29, 1.82) is 0 Å². The number of fused-ring (bicyclic) bond motifs is 2. The Morgan fingerprint density at radius 3 is 2.33 bits per heavy atom. The molecule has 2 heterocycles. The van der Waals surface area contributed by atoms with Crippen LogP contribution in [0.2, 0.25) is 0 Å². The molecule has 2 atom stereocenters. The number of rotatable bonds is 2. The fourth-order valence-corrected chi connectivity index (χ4v) is 2.78. The van der Waals surface area contributed by atoms with Gasteiger partial charge in [-0.2, -0.15) is 0 Å². The zero-order valence-corrected chi connectivity index (χ0v) is 7.38. The van der Waals surface area contributed by atoms with Crippen LogP contribution in [0.5, 0.6) is 0 Å². The highest BCUT2D eigenvalue weighted by atomic mass is 19.1. The number of nitrogens with two attached hydrogens (primary N) is 1. The van der Waals surface area contributed by atoms with Crippen LogP contribution in [0.3, 0.4) is 0 Å². The van der Waals surface area contributed by atoms with Crippen LogP contribution in [0.25, 0.3) is 0 Å². The number of halogens is 1.